The first-order valence-electron chi connectivity index (χ1n) is 9.69. The summed E-state index contributed by atoms with van der Waals surface area (Å²) in [4.78, 5) is 8.43. The number of ether oxygens (including phenoxy) is 1. The number of nitrogen functional groups attached to an aromatic ring is 1. The molecule has 1 saturated carbocycles. The molecule has 0 unspecified atom stereocenters. The third-order valence-electron chi connectivity index (χ3n) is 5.03. The van der Waals surface area contributed by atoms with Crippen molar-refractivity contribution >= 4 is 17.6 Å². The molecule has 0 amide bonds. The van der Waals surface area contributed by atoms with E-state index in [1.54, 1.807) is 36.7 Å². The molecule has 154 valence electrons. The van der Waals surface area contributed by atoms with E-state index in [-0.39, 0.29) is 23.6 Å². The number of aromatic nitrogens is 2. The fraction of sp³-hybridized carbons (Fsp3) is 0.217. The van der Waals surface area contributed by atoms with Gasteiger partial charge in [-0.2, -0.15) is 10.5 Å². The van der Waals surface area contributed by atoms with E-state index in [0.29, 0.717) is 46.1 Å². The van der Waals surface area contributed by atoms with Crippen molar-refractivity contribution < 1.29 is 9.84 Å². The van der Waals surface area contributed by atoms with Gasteiger partial charge < -0.3 is 15.6 Å². The van der Waals surface area contributed by atoms with Crippen LogP contribution in [0.1, 0.15) is 29.5 Å². The first-order valence-corrected chi connectivity index (χ1v) is 10.7. The van der Waals surface area contributed by atoms with Crippen LogP contribution in [0.4, 0.5) is 5.82 Å². The highest BCUT2D eigenvalue weighted by molar-refractivity contribution is 7.98. The minimum Gasteiger partial charge on any atom is -0.490 e. The number of aliphatic hydroxyl groups excluding tert-OH is 1. The molecule has 1 aliphatic rings. The summed E-state index contributed by atoms with van der Waals surface area (Å²) in [6, 6.07) is 15.3. The van der Waals surface area contributed by atoms with Crippen LogP contribution in [0.15, 0.2) is 53.8 Å². The summed E-state index contributed by atoms with van der Waals surface area (Å²) in [6.07, 6.45) is 4.42. The van der Waals surface area contributed by atoms with Gasteiger partial charge in [-0.1, -0.05) is 18.2 Å². The van der Waals surface area contributed by atoms with Gasteiger partial charge in [-0.15, -0.1) is 11.8 Å². The first-order chi connectivity index (χ1) is 15.1. The Morgan fingerprint density at radius 1 is 1.13 bits per heavy atom. The van der Waals surface area contributed by atoms with Crippen LogP contribution in [0.3, 0.4) is 0 Å². The van der Waals surface area contributed by atoms with Crippen molar-refractivity contribution in [1.82, 2.24) is 9.97 Å². The standard InChI is InChI=1S/C23H19N5O2S/c24-10-19-21(15-3-5-17(6-4-15)30-18-8-16(29)9-18)20(11-25)23(28-22(19)26)31-13-14-2-1-7-27-12-14/h1-7,12,16,18,29H,8-9,13H2,(H2,26,28)/t16-,18+. The van der Waals surface area contributed by atoms with Gasteiger partial charge >= 0.3 is 0 Å². The molecular formula is C23H19N5O2S. The summed E-state index contributed by atoms with van der Waals surface area (Å²) in [5, 5.41) is 29.4. The number of nitriles is 2. The molecule has 0 bridgehead atoms. The van der Waals surface area contributed by atoms with Crippen LogP contribution in [0, 0.1) is 22.7 Å². The zero-order valence-electron chi connectivity index (χ0n) is 16.5. The van der Waals surface area contributed by atoms with Crippen LogP contribution >= 0.6 is 11.8 Å². The number of pyridine rings is 2. The highest BCUT2D eigenvalue weighted by Crippen LogP contribution is 2.37. The minimum absolute atomic E-state index is 0.0113. The molecular weight excluding hydrogens is 410 g/mol. The van der Waals surface area contributed by atoms with Crippen molar-refractivity contribution in [1.29, 1.82) is 10.5 Å². The minimum atomic E-state index is -0.289. The summed E-state index contributed by atoms with van der Waals surface area (Å²) in [5.74, 6) is 1.33. The number of anilines is 1. The maximum absolute atomic E-state index is 9.89. The smallest absolute Gasteiger partial charge is 0.143 e. The Labute approximate surface area is 184 Å². The summed E-state index contributed by atoms with van der Waals surface area (Å²) < 4.78 is 5.82. The number of hydrogen-bond acceptors (Lipinski definition) is 8. The number of aliphatic hydroxyl groups is 1. The van der Waals surface area contributed by atoms with E-state index in [2.05, 4.69) is 22.1 Å². The Hall–Kier alpha value is -3.59. The molecule has 3 N–H and O–H groups in total. The van der Waals surface area contributed by atoms with E-state index in [0.717, 1.165) is 5.56 Å². The molecule has 1 fully saturated rings. The lowest BCUT2D eigenvalue weighted by atomic mass is 9.92. The summed E-state index contributed by atoms with van der Waals surface area (Å²) in [5.41, 5.74) is 8.72. The molecule has 7 nitrogen and oxygen atoms in total. The van der Waals surface area contributed by atoms with E-state index in [4.69, 9.17) is 10.5 Å². The molecule has 4 rings (SSSR count). The Morgan fingerprint density at radius 2 is 1.87 bits per heavy atom. The van der Waals surface area contributed by atoms with Crippen LogP contribution in [0.5, 0.6) is 5.75 Å². The van der Waals surface area contributed by atoms with E-state index in [1.165, 1.54) is 11.8 Å². The number of benzene rings is 1. The summed E-state index contributed by atoms with van der Waals surface area (Å²) >= 11 is 1.38. The predicted octanol–water partition coefficient (Wildman–Crippen LogP) is 3.66. The van der Waals surface area contributed by atoms with E-state index >= 15 is 0 Å². The summed E-state index contributed by atoms with van der Waals surface area (Å²) in [6.45, 7) is 0. The molecule has 3 aromatic rings. The Kier molecular flexibility index (Phi) is 6.03. The molecule has 0 spiro atoms. The van der Waals surface area contributed by atoms with Gasteiger partial charge in [-0.25, -0.2) is 4.98 Å². The number of nitrogens with two attached hydrogens (primary N) is 1. The van der Waals surface area contributed by atoms with Crippen LogP contribution < -0.4 is 10.5 Å². The van der Waals surface area contributed by atoms with E-state index in [1.807, 2.05) is 12.1 Å². The van der Waals surface area contributed by atoms with Gasteiger partial charge in [0.2, 0.25) is 0 Å². The van der Waals surface area contributed by atoms with Crippen LogP contribution in [-0.2, 0) is 5.75 Å². The van der Waals surface area contributed by atoms with E-state index < -0.39 is 0 Å². The van der Waals surface area contributed by atoms with Crippen molar-refractivity contribution in [2.75, 3.05) is 5.73 Å². The zero-order chi connectivity index (χ0) is 21.8. The second-order valence-corrected chi connectivity index (χ2v) is 8.15. The lowest BCUT2D eigenvalue weighted by Crippen LogP contribution is -2.37. The SMILES string of the molecule is N#Cc1c(N)nc(SCc2cccnc2)c(C#N)c1-c1ccc(O[C@H]2C[C@@H](O)C2)cc1. The van der Waals surface area contributed by atoms with Gasteiger partial charge in [0.1, 0.15) is 40.4 Å². The molecule has 0 saturated heterocycles. The van der Waals surface area contributed by atoms with Gasteiger partial charge in [0.15, 0.2) is 0 Å². The highest BCUT2D eigenvalue weighted by Gasteiger charge is 2.29. The zero-order valence-corrected chi connectivity index (χ0v) is 17.3. The van der Waals surface area contributed by atoms with Gasteiger partial charge in [0.25, 0.3) is 0 Å². The Morgan fingerprint density at radius 3 is 2.48 bits per heavy atom. The number of thioether (sulfide) groups is 1. The fourth-order valence-electron chi connectivity index (χ4n) is 3.35. The van der Waals surface area contributed by atoms with Gasteiger partial charge in [-0.3, -0.25) is 4.98 Å². The molecule has 0 aliphatic heterocycles. The normalized spacial score (nSPS) is 17.3. The predicted molar refractivity (Wildman–Crippen MR) is 117 cm³/mol. The van der Waals surface area contributed by atoms with Crippen molar-refractivity contribution in [3.8, 4) is 29.0 Å². The number of rotatable bonds is 6. The second kappa shape index (κ2) is 9.05. The third kappa shape index (κ3) is 4.46. The monoisotopic (exact) mass is 429 g/mol. The highest BCUT2D eigenvalue weighted by atomic mass is 32.2. The van der Waals surface area contributed by atoms with Gasteiger partial charge in [-0.05, 0) is 29.3 Å². The molecule has 1 aromatic carbocycles. The van der Waals surface area contributed by atoms with Gasteiger partial charge in [0, 0.05) is 36.6 Å². The van der Waals surface area contributed by atoms with Crippen molar-refractivity contribution in [3.05, 3.63) is 65.5 Å². The summed E-state index contributed by atoms with van der Waals surface area (Å²) in [7, 11) is 0. The molecule has 2 aromatic heterocycles. The van der Waals surface area contributed by atoms with Crippen molar-refractivity contribution in [3.63, 3.8) is 0 Å². The van der Waals surface area contributed by atoms with Crippen LogP contribution in [-0.4, -0.2) is 27.3 Å². The molecule has 1 aliphatic carbocycles. The molecule has 0 radical (unpaired) electrons. The maximum Gasteiger partial charge on any atom is 0.143 e. The Bertz CT molecular complexity index is 1160. The first kappa shape index (κ1) is 20.7. The fourth-order valence-corrected chi connectivity index (χ4v) is 4.28. The average Bonchev–Trinajstić information content (AvgIpc) is 2.77. The van der Waals surface area contributed by atoms with Crippen molar-refractivity contribution in [2.24, 2.45) is 0 Å². The largest absolute Gasteiger partial charge is 0.490 e. The van der Waals surface area contributed by atoms with Gasteiger partial charge in [0.05, 0.1) is 11.7 Å². The topological polar surface area (TPSA) is 129 Å². The second-order valence-electron chi connectivity index (χ2n) is 7.19. The van der Waals surface area contributed by atoms with Crippen LogP contribution in [0.25, 0.3) is 11.1 Å². The molecule has 8 heteroatoms. The molecule has 0 atom stereocenters. The Balaban J connectivity index is 1.66. The quantitative estimate of drug-likeness (QED) is 0.568. The third-order valence-corrected chi connectivity index (χ3v) is 6.08. The molecule has 2 heterocycles. The average molecular weight is 430 g/mol. The van der Waals surface area contributed by atoms with E-state index in [9.17, 15) is 15.6 Å². The van der Waals surface area contributed by atoms with Crippen LogP contribution in [0.2, 0.25) is 0 Å². The lowest BCUT2D eigenvalue weighted by Gasteiger charge is -2.31. The number of hydrogen-bond donors (Lipinski definition) is 2. The van der Waals surface area contributed by atoms with Crippen molar-refractivity contribution in [2.45, 2.75) is 35.8 Å². The lowest BCUT2D eigenvalue weighted by molar-refractivity contribution is -0.0107. The molecule has 31 heavy (non-hydrogen) atoms. The number of nitrogens with zero attached hydrogens (tertiary/aromatic N) is 4. The maximum atomic E-state index is 9.89.